The van der Waals surface area contributed by atoms with E-state index in [0.717, 1.165) is 6.42 Å². The number of anilines is 1. The Morgan fingerprint density at radius 3 is 2.45 bits per heavy atom. The standard InChI is InChI=1S/C15H17Cl3N2O2/c1-8(2)15(22)20-5-3-4-13(20)14(21)19-12-7-10(17)9(16)6-11(12)18/h6-8,13H,3-5H2,1-2H3,(H,19,21). The summed E-state index contributed by atoms with van der Waals surface area (Å²) in [6.45, 7) is 4.25. The van der Waals surface area contributed by atoms with E-state index >= 15 is 0 Å². The van der Waals surface area contributed by atoms with Gasteiger partial charge in [-0.2, -0.15) is 0 Å². The summed E-state index contributed by atoms with van der Waals surface area (Å²) in [7, 11) is 0. The molecule has 0 bridgehead atoms. The minimum Gasteiger partial charge on any atom is -0.330 e. The van der Waals surface area contributed by atoms with Crippen molar-refractivity contribution in [1.29, 1.82) is 0 Å². The van der Waals surface area contributed by atoms with E-state index in [0.29, 0.717) is 33.7 Å². The van der Waals surface area contributed by atoms with Gasteiger partial charge in [-0.3, -0.25) is 9.59 Å². The number of hydrogen-bond acceptors (Lipinski definition) is 2. The van der Waals surface area contributed by atoms with Gasteiger partial charge in [-0.25, -0.2) is 0 Å². The molecule has 1 heterocycles. The van der Waals surface area contributed by atoms with Crippen molar-refractivity contribution in [3.8, 4) is 0 Å². The lowest BCUT2D eigenvalue weighted by atomic mass is 10.1. The van der Waals surface area contributed by atoms with Crippen LogP contribution in [0.25, 0.3) is 0 Å². The Labute approximate surface area is 144 Å². The predicted octanol–water partition coefficient (Wildman–Crippen LogP) is 4.23. The number of carbonyl (C=O) groups is 2. The number of hydrogen-bond donors (Lipinski definition) is 1. The van der Waals surface area contributed by atoms with Gasteiger partial charge >= 0.3 is 0 Å². The number of rotatable bonds is 3. The molecule has 1 N–H and O–H groups in total. The number of benzene rings is 1. The molecule has 7 heteroatoms. The number of nitrogens with one attached hydrogen (secondary N) is 1. The molecule has 2 amide bonds. The van der Waals surface area contributed by atoms with Crippen LogP contribution in [-0.2, 0) is 9.59 Å². The summed E-state index contributed by atoms with van der Waals surface area (Å²) in [6, 6.07) is 2.51. The maximum Gasteiger partial charge on any atom is 0.247 e. The molecule has 1 aromatic rings. The first kappa shape index (κ1) is 17.4. The van der Waals surface area contributed by atoms with E-state index in [1.165, 1.54) is 12.1 Å². The molecule has 1 fully saturated rings. The Morgan fingerprint density at radius 1 is 1.18 bits per heavy atom. The molecule has 120 valence electrons. The Kier molecular flexibility index (Phi) is 5.59. The Balaban J connectivity index is 2.15. The molecule has 1 aromatic carbocycles. The van der Waals surface area contributed by atoms with Crippen LogP contribution in [0, 0.1) is 5.92 Å². The van der Waals surface area contributed by atoms with E-state index < -0.39 is 6.04 Å². The summed E-state index contributed by atoms with van der Waals surface area (Å²) in [5.41, 5.74) is 0.393. The van der Waals surface area contributed by atoms with Crippen molar-refractivity contribution < 1.29 is 9.59 Å². The lowest BCUT2D eigenvalue weighted by Crippen LogP contribution is -2.44. The number of carbonyl (C=O) groups excluding carboxylic acids is 2. The third kappa shape index (κ3) is 3.67. The molecule has 1 aliphatic heterocycles. The summed E-state index contributed by atoms with van der Waals surface area (Å²) in [5.74, 6) is -0.411. The molecule has 4 nitrogen and oxygen atoms in total. The van der Waals surface area contributed by atoms with Crippen molar-refractivity contribution in [2.24, 2.45) is 5.92 Å². The van der Waals surface area contributed by atoms with Crippen LogP contribution >= 0.6 is 34.8 Å². The van der Waals surface area contributed by atoms with Crippen LogP contribution in [0.1, 0.15) is 26.7 Å². The molecule has 0 aliphatic carbocycles. The van der Waals surface area contributed by atoms with Crippen LogP contribution in [0.2, 0.25) is 15.1 Å². The maximum absolute atomic E-state index is 12.5. The molecule has 2 rings (SSSR count). The van der Waals surface area contributed by atoms with Crippen LogP contribution in [0.4, 0.5) is 5.69 Å². The van der Waals surface area contributed by atoms with Gasteiger partial charge in [0.1, 0.15) is 6.04 Å². The zero-order chi connectivity index (χ0) is 16.4. The van der Waals surface area contributed by atoms with Crippen LogP contribution in [0.3, 0.4) is 0 Å². The Hall–Kier alpha value is -0.970. The summed E-state index contributed by atoms with van der Waals surface area (Å²) < 4.78 is 0. The van der Waals surface area contributed by atoms with E-state index in [4.69, 9.17) is 34.8 Å². The fourth-order valence-corrected chi connectivity index (χ4v) is 3.06. The molecule has 0 saturated carbocycles. The smallest absolute Gasteiger partial charge is 0.247 e. The van der Waals surface area contributed by atoms with Crippen molar-refractivity contribution in [1.82, 2.24) is 4.90 Å². The van der Waals surface area contributed by atoms with Crippen molar-refractivity contribution in [2.75, 3.05) is 11.9 Å². The highest BCUT2D eigenvalue weighted by Crippen LogP contribution is 2.33. The van der Waals surface area contributed by atoms with Gasteiger partial charge in [-0.15, -0.1) is 0 Å². The zero-order valence-corrected chi connectivity index (χ0v) is 14.6. The average molecular weight is 364 g/mol. The second-order valence-electron chi connectivity index (χ2n) is 5.58. The van der Waals surface area contributed by atoms with Gasteiger partial charge in [0, 0.05) is 12.5 Å². The molecular weight excluding hydrogens is 347 g/mol. The predicted molar refractivity (Wildman–Crippen MR) is 89.7 cm³/mol. The maximum atomic E-state index is 12.5. The van der Waals surface area contributed by atoms with E-state index in [-0.39, 0.29) is 17.7 Å². The first-order chi connectivity index (χ1) is 10.3. The number of likely N-dealkylation sites (tertiary alicyclic amines) is 1. The van der Waals surface area contributed by atoms with E-state index in [1.54, 1.807) is 4.90 Å². The summed E-state index contributed by atoms with van der Waals surface area (Å²) in [4.78, 5) is 26.3. The molecule has 0 spiro atoms. The monoisotopic (exact) mass is 362 g/mol. The van der Waals surface area contributed by atoms with E-state index in [9.17, 15) is 9.59 Å². The van der Waals surface area contributed by atoms with Crippen LogP contribution in [-0.4, -0.2) is 29.3 Å². The molecule has 1 aliphatic rings. The first-order valence-corrected chi connectivity index (χ1v) is 8.20. The second kappa shape index (κ2) is 7.07. The number of nitrogens with zero attached hydrogens (tertiary/aromatic N) is 1. The first-order valence-electron chi connectivity index (χ1n) is 7.07. The molecule has 22 heavy (non-hydrogen) atoms. The van der Waals surface area contributed by atoms with Gasteiger partial charge in [0.2, 0.25) is 11.8 Å². The van der Waals surface area contributed by atoms with Gasteiger partial charge in [-0.1, -0.05) is 48.7 Å². The third-order valence-electron chi connectivity index (χ3n) is 3.60. The lowest BCUT2D eigenvalue weighted by molar-refractivity contribution is -0.139. The van der Waals surface area contributed by atoms with Gasteiger partial charge in [0.15, 0.2) is 0 Å². The van der Waals surface area contributed by atoms with Crippen molar-refractivity contribution in [3.05, 3.63) is 27.2 Å². The van der Waals surface area contributed by atoms with Gasteiger partial charge in [0.05, 0.1) is 20.8 Å². The number of halogens is 3. The second-order valence-corrected chi connectivity index (χ2v) is 6.80. The van der Waals surface area contributed by atoms with Crippen LogP contribution in [0.15, 0.2) is 12.1 Å². The SMILES string of the molecule is CC(C)C(=O)N1CCCC1C(=O)Nc1cc(Cl)c(Cl)cc1Cl. The fraction of sp³-hybridized carbons (Fsp3) is 0.467. The van der Waals surface area contributed by atoms with Crippen molar-refractivity contribution >= 4 is 52.3 Å². The zero-order valence-electron chi connectivity index (χ0n) is 12.3. The van der Waals surface area contributed by atoms with Crippen molar-refractivity contribution in [2.45, 2.75) is 32.7 Å². The minimum atomic E-state index is -0.472. The average Bonchev–Trinajstić information content (AvgIpc) is 2.93. The Morgan fingerprint density at radius 2 is 1.82 bits per heavy atom. The highest BCUT2D eigenvalue weighted by molar-refractivity contribution is 6.44. The fourth-order valence-electron chi connectivity index (χ4n) is 2.47. The minimum absolute atomic E-state index is 0.0158. The van der Waals surface area contributed by atoms with Gasteiger partial charge in [-0.05, 0) is 25.0 Å². The Bertz CT molecular complexity index is 605. The molecule has 1 saturated heterocycles. The topological polar surface area (TPSA) is 49.4 Å². The molecule has 0 aromatic heterocycles. The molecule has 1 atom stereocenters. The van der Waals surface area contributed by atoms with Gasteiger partial charge in [0.25, 0.3) is 0 Å². The summed E-state index contributed by atoms with van der Waals surface area (Å²) >= 11 is 17.9. The molecule has 1 unspecified atom stereocenters. The number of amides is 2. The van der Waals surface area contributed by atoms with E-state index in [2.05, 4.69) is 5.32 Å². The lowest BCUT2D eigenvalue weighted by Gasteiger charge is -2.25. The molecule has 0 radical (unpaired) electrons. The quantitative estimate of drug-likeness (QED) is 0.817. The van der Waals surface area contributed by atoms with Crippen LogP contribution in [0.5, 0.6) is 0 Å². The third-order valence-corrected chi connectivity index (χ3v) is 4.64. The van der Waals surface area contributed by atoms with E-state index in [1.807, 2.05) is 13.8 Å². The largest absolute Gasteiger partial charge is 0.330 e. The highest BCUT2D eigenvalue weighted by atomic mass is 35.5. The van der Waals surface area contributed by atoms with Crippen LogP contribution < -0.4 is 5.32 Å². The molecular formula is C15H17Cl3N2O2. The van der Waals surface area contributed by atoms with Gasteiger partial charge < -0.3 is 10.2 Å². The van der Waals surface area contributed by atoms with Crippen molar-refractivity contribution in [3.63, 3.8) is 0 Å². The summed E-state index contributed by atoms with van der Waals surface area (Å²) in [6.07, 6.45) is 1.45. The normalized spacial score (nSPS) is 17.9. The highest BCUT2D eigenvalue weighted by Gasteiger charge is 2.35. The summed E-state index contributed by atoms with van der Waals surface area (Å²) in [5, 5.41) is 3.67.